The van der Waals surface area contributed by atoms with Gasteiger partial charge in [0.25, 0.3) is 0 Å². The first kappa shape index (κ1) is 15.7. The first-order valence-electron chi connectivity index (χ1n) is 7.62. The van der Waals surface area contributed by atoms with E-state index in [9.17, 15) is 8.42 Å². The predicted molar refractivity (Wildman–Crippen MR) is 82.2 cm³/mol. The second-order valence-electron chi connectivity index (χ2n) is 6.29. The van der Waals surface area contributed by atoms with Crippen LogP contribution < -0.4 is 4.74 Å². The van der Waals surface area contributed by atoms with Gasteiger partial charge in [-0.3, -0.25) is 0 Å². The summed E-state index contributed by atoms with van der Waals surface area (Å²) >= 11 is 0. The number of sulfonamides is 1. The highest BCUT2D eigenvalue weighted by atomic mass is 32.2. The molecule has 0 aromatic carbocycles. The summed E-state index contributed by atoms with van der Waals surface area (Å²) in [6.07, 6.45) is 3.22. The van der Waals surface area contributed by atoms with Crippen LogP contribution in [0.3, 0.4) is 0 Å². The molecular weight excluding hydrogens is 304 g/mol. The molecule has 0 radical (unpaired) electrons. The monoisotopic (exact) mass is 326 g/mol. The second-order valence-corrected chi connectivity index (χ2v) is 8.78. The Kier molecular flexibility index (Phi) is 4.13. The van der Waals surface area contributed by atoms with Gasteiger partial charge in [0.15, 0.2) is 0 Å². The minimum absolute atomic E-state index is 0.0209. The molecule has 0 amide bonds. The van der Waals surface area contributed by atoms with E-state index in [4.69, 9.17) is 9.47 Å². The van der Waals surface area contributed by atoms with Crippen molar-refractivity contribution in [3.05, 3.63) is 24.4 Å². The van der Waals surface area contributed by atoms with Gasteiger partial charge in [-0.1, -0.05) is 6.07 Å². The zero-order valence-electron chi connectivity index (χ0n) is 12.9. The zero-order valence-corrected chi connectivity index (χ0v) is 13.8. The molecule has 1 spiro atoms. The van der Waals surface area contributed by atoms with Gasteiger partial charge in [0, 0.05) is 38.2 Å². The highest BCUT2D eigenvalue weighted by Gasteiger charge is 2.52. The molecule has 2 saturated heterocycles. The van der Waals surface area contributed by atoms with Gasteiger partial charge >= 0.3 is 0 Å². The number of pyridine rings is 1. The lowest BCUT2D eigenvalue weighted by molar-refractivity contribution is -0.165. The van der Waals surface area contributed by atoms with Crippen molar-refractivity contribution in [3.63, 3.8) is 0 Å². The summed E-state index contributed by atoms with van der Waals surface area (Å²) in [6, 6.07) is 5.56. The lowest BCUT2D eigenvalue weighted by Gasteiger charge is -2.52. The quantitative estimate of drug-likeness (QED) is 0.837. The highest BCUT2D eigenvalue weighted by molar-refractivity contribution is 7.89. The molecule has 0 aliphatic carbocycles. The Morgan fingerprint density at radius 3 is 2.82 bits per heavy atom. The van der Waals surface area contributed by atoms with Crippen LogP contribution >= 0.6 is 0 Å². The van der Waals surface area contributed by atoms with E-state index >= 15 is 0 Å². The minimum atomic E-state index is -3.19. The topological polar surface area (TPSA) is 68.7 Å². The summed E-state index contributed by atoms with van der Waals surface area (Å²) in [7, 11) is -3.19. The Morgan fingerprint density at radius 1 is 1.41 bits per heavy atom. The molecule has 1 aromatic rings. The van der Waals surface area contributed by atoms with Crippen LogP contribution in [0.4, 0.5) is 0 Å². The van der Waals surface area contributed by atoms with Crippen molar-refractivity contribution in [2.75, 3.05) is 19.7 Å². The number of hydrogen-bond donors (Lipinski definition) is 0. The van der Waals surface area contributed by atoms with E-state index in [2.05, 4.69) is 4.98 Å². The summed E-state index contributed by atoms with van der Waals surface area (Å²) in [6.45, 7) is 4.85. The van der Waals surface area contributed by atoms with E-state index in [1.54, 1.807) is 20.0 Å². The van der Waals surface area contributed by atoms with Crippen molar-refractivity contribution < 1.29 is 17.9 Å². The molecule has 1 aromatic heterocycles. The van der Waals surface area contributed by atoms with Gasteiger partial charge in [-0.25, -0.2) is 13.4 Å². The van der Waals surface area contributed by atoms with E-state index in [-0.39, 0.29) is 11.7 Å². The molecule has 2 fully saturated rings. The smallest absolute Gasteiger partial charge is 0.216 e. The molecule has 6 nitrogen and oxygen atoms in total. The van der Waals surface area contributed by atoms with Crippen LogP contribution in [0.25, 0.3) is 0 Å². The van der Waals surface area contributed by atoms with Crippen LogP contribution in [0.2, 0.25) is 0 Å². The lowest BCUT2D eigenvalue weighted by Crippen LogP contribution is -2.68. The number of aromatic nitrogens is 1. The summed E-state index contributed by atoms with van der Waals surface area (Å²) in [5, 5.41) is -0.394. The van der Waals surface area contributed by atoms with E-state index in [0.29, 0.717) is 32.0 Å². The first-order chi connectivity index (χ1) is 10.4. The fourth-order valence-corrected chi connectivity index (χ4v) is 4.39. The predicted octanol–water partition coefficient (Wildman–Crippen LogP) is 1.43. The normalized spacial score (nSPS) is 25.1. The number of nitrogens with zero attached hydrogens (tertiary/aromatic N) is 2. The van der Waals surface area contributed by atoms with Crippen LogP contribution in [0.15, 0.2) is 24.4 Å². The van der Waals surface area contributed by atoms with Gasteiger partial charge in [-0.2, -0.15) is 4.31 Å². The fraction of sp³-hybridized carbons (Fsp3) is 0.667. The van der Waals surface area contributed by atoms with Crippen molar-refractivity contribution >= 4 is 10.0 Å². The Balaban J connectivity index is 1.61. The van der Waals surface area contributed by atoms with Crippen LogP contribution in [0.1, 0.15) is 26.7 Å². The second kappa shape index (κ2) is 5.79. The van der Waals surface area contributed by atoms with Gasteiger partial charge < -0.3 is 9.47 Å². The van der Waals surface area contributed by atoms with Crippen LogP contribution in [-0.4, -0.2) is 54.4 Å². The summed E-state index contributed by atoms with van der Waals surface area (Å²) in [4.78, 5) is 4.17. The molecule has 2 aliphatic rings. The van der Waals surface area contributed by atoms with E-state index < -0.39 is 15.3 Å². The molecule has 0 saturated carbocycles. The van der Waals surface area contributed by atoms with Crippen LogP contribution in [0, 0.1) is 0 Å². The molecule has 22 heavy (non-hydrogen) atoms. The van der Waals surface area contributed by atoms with E-state index in [1.165, 1.54) is 4.31 Å². The van der Waals surface area contributed by atoms with E-state index in [1.807, 2.05) is 18.2 Å². The third kappa shape index (κ3) is 2.98. The molecule has 1 atom stereocenters. The van der Waals surface area contributed by atoms with Crippen molar-refractivity contribution in [1.29, 1.82) is 0 Å². The lowest BCUT2D eigenvalue weighted by atomic mass is 9.86. The van der Waals surface area contributed by atoms with Crippen molar-refractivity contribution in [3.8, 4) is 5.88 Å². The SMILES string of the molecule is CC(C)S(=O)(=O)N1CC2(C[C@H](Oc3ccccn3)CCO2)C1. The minimum Gasteiger partial charge on any atom is -0.474 e. The number of ether oxygens (including phenoxy) is 2. The van der Waals surface area contributed by atoms with Gasteiger partial charge in [-0.05, 0) is 19.9 Å². The average Bonchev–Trinajstić information content (AvgIpc) is 2.46. The molecule has 7 heteroatoms. The van der Waals surface area contributed by atoms with Gasteiger partial charge in [-0.15, -0.1) is 0 Å². The Labute approximate surface area is 131 Å². The standard InChI is InChI=1S/C15H22N2O4S/c1-12(2)22(18,19)17-10-15(11-17)9-13(6-8-20-15)21-14-5-3-4-7-16-14/h3-5,7,12-13H,6,8-11H2,1-2H3/t13-/m1/s1. The van der Waals surface area contributed by atoms with Gasteiger partial charge in [0.1, 0.15) is 6.10 Å². The highest BCUT2D eigenvalue weighted by Crippen LogP contribution is 2.37. The van der Waals surface area contributed by atoms with Crippen molar-refractivity contribution in [2.24, 2.45) is 0 Å². The van der Waals surface area contributed by atoms with Crippen molar-refractivity contribution in [2.45, 2.75) is 43.6 Å². The Morgan fingerprint density at radius 2 is 2.18 bits per heavy atom. The molecule has 0 unspecified atom stereocenters. The molecule has 0 bridgehead atoms. The fourth-order valence-electron chi connectivity index (χ4n) is 2.97. The van der Waals surface area contributed by atoms with Crippen LogP contribution in [0.5, 0.6) is 5.88 Å². The zero-order chi connectivity index (χ0) is 15.8. The maximum atomic E-state index is 12.1. The van der Waals surface area contributed by atoms with E-state index in [0.717, 1.165) is 6.42 Å². The Bertz CT molecular complexity index is 612. The molecule has 2 aliphatic heterocycles. The van der Waals surface area contributed by atoms with Crippen molar-refractivity contribution in [1.82, 2.24) is 9.29 Å². The maximum Gasteiger partial charge on any atom is 0.216 e. The summed E-state index contributed by atoms with van der Waals surface area (Å²) < 4.78 is 37.6. The van der Waals surface area contributed by atoms with Gasteiger partial charge in [0.2, 0.25) is 15.9 Å². The average molecular weight is 326 g/mol. The molecule has 122 valence electrons. The van der Waals surface area contributed by atoms with Crippen LogP contribution in [-0.2, 0) is 14.8 Å². The molecule has 3 rings (SSSR count). The first-order valence-corrected chi connectivity index (χ1v) is 9.12. The summed E-state index contributed by atoms with van der Waals surface area (Å²) in [5.74, 6) is 0.607. The molecule has 3 heterocycles. The molecule has 0 N–H and O–H groups in total. The van der Waals surface area contributed by atoms with Gasteiger partial charge in [0.05, 0.1) is 17.5 Å². The molecular formula is C15H22N2O4S. The maximum absolute atomic E-state index is 12.1. The third-order valence-corrected chi connectivity index (χ3v) is 6.43. The number of rotatable bonds is 4. The third-order valence-electron chi connectivity index (χ3n) is 4.26. The Hall–Kier alpha value is -1.18. The number of hydrogen-bond acceptors (Lipinski definition) is 5. The summed E-state index contributed by atoms with van der Waals surface area (Å²) in [5.41, 5.74) is -0.389. The largest absolute Gasteiger partial charge is 0.474 e.